The van der Waals surface area contributed by atoms with Crippen LogP contribution in [0.3, 0.4) is 0 Å². The van der Waals surface area contributed by atoms with Crippen LogP contribution in [-0.2, 0) is 13.1 Å². The van der Waals surface area contributed by atoms with E-state index in [9.17, 15) is 0 Å². The highest BCUT2D eigenvalue weighted by Crippen LogP contribution is 2.35. The molecule has 2 N–H and O–H groups in total. The first-order valence-electron chi connectivity index (χ1n) is 7.30. The summed E-state index contributed by atoms with van der Waals surface area (Å²) in [7, 11) is 0. The lowest BCUT2D eigenvalue weighted by molar-refractivity contribution is 0.175. The van der Waals surface area contributed by atoms with Gasteiger partial charge in [-0.05, 0) is 42.2 Å². The predicted octanol–water partition coefficient (Wildman–Crippen LogP) is 2.63. The molecule has 0 aromatic carbocycles. The largest absolute Gasteiger partial charge is 0.333 e. The summed E-state index contributed by atoms with van der Waals surface area (Å²) in [5.41, 5.74) is 8.74. The van der Waals surface area contributed by atoms with Crippen molar-refractivity contribution < 1.29 is 0 Å². The zero-order valence-electron chi connectivity index (χ0n) is 11.9. The van der Waals surface area contributed by atoms with E-state index in [0.29, 0.717) is 12.6 Å². The Kier molecular flexibility index (Phi) is 4.19. The molecule has 1 aliphatic rings. The van der Waals surface area contributed by atoms with Crippen molar-refractivity contribution in [3.05, 3.63) is 40.6 Å². The van der Waals surface area contributed by atoms with Crippen molar-refractivity contribution in [2.75, 3.05) is 6.54 Å². The molecular weight excluding hydrogens is 268 g/mol. The van der Waals surface area contributed by atoms with Crippen molar-refractivity contribution in [2.45, 2.75) is 44.9 Å². The molecule has 108 valence electrons. The zero-order valence-corrected chi connectivity index (χ0v) is 12.7. The number of aryl methyl sites for hydroxylation is 1. The number of imidazole rings is 1. The van der Waals surface area contributed by atoms with Gasteiger partial charge in [0.1, 0.15) is 0 Å². The summed E-state index contributed by atoms with van der Waals surface area (Å²) in [6, 6.07) is 3.17. The van der Waals surface area contributed by atoms with Crippen molar-refractivity contribution in [3.63, 3.8) is 0 Å². The molecule has 1 atom stereocenters. The summed E-state index contributed by atoms with van der Waals surface area (Å²) in [5, 5.41) is 4.38. The van der Waals surface area contributed by atoms with E-state index < -0.39 is 0 Å². The van der Waals surface area contributed by atoms with E-state index in [1.807, 2.05) is 12.5 Å². The molecule has 5 heteroatoms. The molecule has 0 amide bonds. The Bertz CT molecular complexity index is 530. The van der Waals surface area contributed by atoms with E-state index in [-0.39, 0.29) is 6.04 Å². The third-order valence-corrected chi connectivity index (χ3v) is 4.74. The van der Waals surface area contributed by atoms with Crippen LogP contribution in [0.15, 0.2) is 29.4 Å². The lowest BCUT2D eigenvalue weighted by Gasteiger charge is -2.31. The summed E-state index contributed by atoms with van der Waals surface area (Å²) >= 11 is 1.76. The van der Waals surface area contributed by atoms with Gasteiger partial charge in [-0.25, -0.2) is 4.98 Å². The van der Waals surface area contributed by atoms with Gasteiger partial charge in [0, 0.05) is 31.9 Å². The number of rotatable bonds is 7. The second-order valence-electron chi connectivity index (χ2n) is 5.39. The Hall–Kier alpha value is -1.17. The number of hydrogen-bond acceptors (Lipinski definition) is 4. The van der Waals surface area contributed by atoms with E-state index in [4.69, 9.17) is 5.73 Å². The van der Waals surface area contributed by atoms with Gasteiger partial charge in [-0.3, -0.25) is 4.90 Å². The summed E-state index contributed by atoms with van der Waals surface area (Å²) < 4.78 is 2.21. The van der Waals surface area contributed by atoms with E-state index in [1.165, 1.54) is 24.1 Å². The van der Waals surface area contributed by atoms with Crippen LogP contribution < -0.4 is 5.73 Å². The third-order valence-electron chi connectivity index (χ3n) is 4.01. The van der Waals surface area contributed by atoms with Crippen LogP contribution in [0.1, 0.15) is 37.1 Å². The van der Waals surface area contributed by atoms with Crippen molar-refractivity contribution in [2.24, 2.45) is 5.73 Å². The molecule has 2 aromatic heterocycles. The Labute approximate surface area is 124 Å². The second-order valence-corrected chi connectivity index (χ2v) is 6.17. The van der Waals surface area contributed by atoms with Crippen LogP contribution in [0.2, 0.25) is 0 Å². The first-order chi connectivity index (χ1) is 9.83. The molecule has 0 radical (unpaired) electrons. The lowest BCUT2D eigenvalue weighted by atomic mass is 10.1. The monoisotopic (exact) mass is 290 g/mol. The van der Waals surface area contributed by atoms with Gasteiger partial charge < -0.3 is 10.3 Å². The third kappa shape index (κ3) is 2.80. The van der Waals surface area contributed by atoms with Gasteiger partial charge in [-0.1, -0.05) is 0 Å². The summed E-state index contributed by atoms with van der Waals surface area (Å²) in [6.07, 6.45) is 6.47. The molecule has 0 spiro atoms. The van der Waals surface area contributed by atoms with Crippen LogP contribution in [0.4, 0.5) is 0 Å². The van der Waals surface area contributed by atoms with E-state index in [1.54, 1.807) is 11.3 Å². The molecule has 1 saturated carbocycles. The van der Waals surface area contributed by atoms with Crippen LogP contribution in [0.25, 0.3) is 0 Å². The fourth-order valence-electron chi connectivity index (χ4n) is 2.79. The average Bonchev–Trinajstić information content (AvgIpc) is 2.99. The predicted molar refractivity (Wildman–Crippen MR) is 82.6 cm³/mol. The van der Waals surface area contributed by atoms with Crippen LogP contribution >= 0.6 is 11.3 Å². The first-order valence-corrected chi connectivity index (χ1v) is 8.24. The van der Waals surface area contributed by atoms with Gasteiger partial charge >= 0.3 is 0 Å². The Morgan fingerprint density at radius 2 is 2.40 bits per heavy atom. The minimum absolute atomic E-state index is 0.268. The standard InChI is InChI=1S/C15H22N4S/c1-2-18-11-17-8-15(18)14(7-16)19(13-3-4-13)9-12-5-6-20-10-12/h5-6,8,10-11,13-14H,2-4,7,9,16H2,1H3. The molecule has 0 aliphatic heterocycles. The van der Waals surface area contributed by atoms with Crippen molar-refractivity contribution in [3.8, 4) is 0 Å². The zero-order chi connectivity index (χ0) is 13.9. The average molecular weight is 290 g/mol. The fourth-order valence-corrected chi connectivity index (χ4v) is 3.45. The van der Waals surface area contributed by atoms with Gasteiger partial charge in [0.2, 0.25) is 0 Å². The molecule has 1 aliphatic carbocycles. The Balaban J connectivity index is 1.84. The summed E-state index contributed by atoms with van der Waals surface area (Å²) in [5.74, 6) is 0. The van der Waals surface area contributed by atoms with E-state index in [0.717, 1.165) is 13.1 Å². The highest BCUT2D eigenvalue weighted by Gasteiger charge is 2.35. The topological polar surface area (TPSA) is 47.1 Å². The molecule has 0 bridgehead atoms. The molecule has 0 saturated heterocycles. The number of nitrogens with two attached hydrogens (primary N) is 1. The molecule has 1 fully saturated rings. The highest BCUT2D eigenvalue weighted by atomic mass is 32.1. The number of aromatic nitrogens is 2. The smallest absolute Gasteiger partial charge is 0.0948 e. The maximum absolute atomic E-state index is 6.10. The van der Waals surface area contributed by atoms with E-state index >= 15 is 0 Å². The van der Waals surface area contributed by atoms with Gasteiger partial charge in [-0.2, -0.15) is 11.3 Å². The highest BCUT2D eigenvalue weighted by molar-refractivity contribution is 7.07. The van der Waals surface area contributed by atoms with Crippen molar-refractivity contribution in [1.29, 1.82) is 0 Å². The SMILES string of the molecule is CCn1cncc1C(CN)N(Cc1ccsc1)C1CC1. The van der Waals surface area contributed by atoms with Crippen LogP contribution in [0.5, 0.6) is 0 Å². The van der Waals surface area contributed by atoms with Gasteiger partial charge in [0.25, 0.3) is 0 Å². The summed E-state index contributed by atoms with van der Waals surface area (Å²) in [6.45, 7) is 4.74. The van der Waals surface area contributed by atoms with E-state index in [2.05, 4.69) is 38.2 Å². The molecule has 3 rings (SSSR count). The minimum Gasteiger partial charge on any atom is -0.333 e. The minimum atomic E-state index is 0.268. The van der Waals surface area contributed by atoms with Gasteiger partial charge in [-0.15, -0.1) is 0 Å². The number of nitrogens with zero attached hydrogens (tertiary/aromatic N) is 3. The quantitative estimate of drug-likeness (QED) is 0.852. The number of hydrogen-bond donors (Lipinski definition) is 1. The Morgan fingerprint density at radius 3 is 3.00 bits per heavy atom. The molecule has 20 heavy (non-hydrogen) atoms. The maximum Gasteiger partial charge on any atom is 0.0948 e. The molecule has 2 heterocycles. The lowest BCUT2D eigenvalue weighted by Crippen LogP contribution is -2.36. The van der Waals surface area contributed by atoms with Crippen LogP contribution in [0, 0.1) is 0 Å². The van der Waals surface area contributed by atoms with Crippen LogP contribution in [-0.4, -0.2) is 27.0 Å². The summed E-state index contributed by atoms with van der Waals surface area (Å²) in [4.78, 5) is 6.86. The Morgan fingerprint density at radius 1 is 1.55 bits per heavy atom. The second kappa shape index (κ2) is 6.08. The molecular formula is C15H22N4S. The van der Waals surface area contributed by atoms with Crippen molar-refractivity contribution >= 4 is 11.3 Å². The molecule has 2 aromatic rings. The number of thiophene rings is 1. The normalized spacial score (nSPS) is 16.8. The van der Waals surface area contributed by atoms with Gasteiger partial charge in [0.05, 0.1) is 18.1 Å². The van der Waals surface area contributed by atoms with Gasteiger partial charge in [0.15, 0.2) is 0 Å². The van der Waals surface area contributed by atoms with Crippen molar-refractivity contribution in [1.82, 2.24) is 14.5 Å². The molecule has 1 unspecified atom stereocenters. The fraction of sp³-hybridized carbons (Fsp3) is 0.533. The maximum atomic E-state index is 6.10. The first kappa shape index (κ1) is 13.8. The molecule has 4 nitrogen and oxygen atoms in total.